The molecule has 0 spiro atoms. The van der Waals surface area contributed by atoms with Gasteiger partial charge in [0.15, 0.2) is 15.8 Å². The summed E-state index contributed by atoms with van der Waals surface area (Å²) in [6, 6.07) is 11.2. The minimum atomic E-state index is -0.152. The van der Waals surface area contributed by atoms with E-state index in [1.165, 1.54) is 11.8 Å². The van der Waals surface area contributed by atoms with Crippen LogP contribution in [0.5, 0.6) is 17.2 Å². The first kappa shape index (κ1) is 23.9. The van der Waals surface area contributed by atoms with E-state index in [1.807, 2.05) is 69.3 Å². The number of thioether (sulfide) groups is 1. The topological polar surface area (TPSA) is 48.0 Å². The van der Waals surface area contributed by atoms with E-state index < -0.39 is 0 Å². The number of rotatable bonds is 10. The Morgan fingerprint density at radius 1 is 1.03 bits per heavy atom. The molecular formula is C25H27NO4S2. The molecule has 1 saturated heterocycles. The Balaban J connectivity index is 1.94. The van der Waals surface area contributed by atoms with Crippen molar-refractivity contribution in [2.45, 2.75) is 27.2 Å². The number of carbonyl (C=O) groups is 1. The Morgan fingerprint density at radius 3 is 2.34 bits per heavy atom. The van der Waals surface area contributed by atoms with E-state index in [2.05, 4.69) is 6.58 Å². The second-order valence-electron chi connectivity index (χ2n) is 6.81. The molecule has 1 aliphatic rings. The highest BCUT2D eigenvalue weighted by Crippen LogP contribution is 2.39. The number of carbonyl (C=O) groups excluding carboxylic acids is 1. The van der Waals surface area contributed by atoms with Crippen molar-refractivity contribution >= 4 is 46.0 Å². The number of thiocarbonyl (C=S) groups is 1. The predicted octanol–water partition coefficient (Wildman–Crippen LogP) is 6.02. The van der Waals surface area contributed by atoms with Crippen molar-refractivity contribution in [2.75, 3.05) is 24.7 Å². The summed E-state index contributed by atoms with van der Waals surface area (Å²) < 4.78 is 17.6. The number of nitrogens with zero attached hydrogens (tertiary/aromatic N) is 1. The maximum atomic E-state index is 13.2. The van der Waals surface area contributed by atoms with Crippen molar-refractivity contribution in [3.63, 3.8) is 0 Å². The summed E-state index contributed by atoms with van der Waals surface area (Å²) in [6.07, 6.45) is 4.30. The van der Waals surface area contributed by atoms with Gasteiger partial charge in [0, 0.05) is 5.56 Å². The molecule has 0 unspecified atom stereocenters. The Kier molecular flexibility index (Phi) is 8.36. The van der Waals surface area contributed by atoms with Gasteiger partial charge in [-0.1, -0.05) is 30.1 Å². The fourth-order valence-electron chi connectivity index (χ4n) is 3.34. The van der Waals surface area contributed by atoms with Crippen LogP contribution in [-0.4, -0.2) is 30.0 Å². The molecule has 7 heteroatoms. The molecule has 1 amide bonds. The maximum Gasteiger partial charge on any atom is 0.270 e. The third kappa shape index (κ3) is 5.34. The third-order valence-corrected chi connectivity index (χ3v) is 5.91. The van der Waals surface area contributed by atoms with Gasteiger partial charge in [0.05, 0.1) is 30.4 Å². The van der Waals surface area contributed by atoms with Crippen LogP contribution in [-0.2, 0) is 11.2 Å². The average molecular weight is 470 g/mol. The zero-order chi connectivity index (χ0) is 23.1. The molecule has 0 saturated carbocycles. The van der Waals surface area contributed by atoms with Gasteiger partial charge < -0.3 is 14.2 Å². The van der Waals surface area contributed by atoms with Gasteiger partial charge >= 0.3 is 0 Å². The molecule has 2 aromatic carbocycles. The fraction of sp³-hybridized carbons (Fsp3) is 0.280. The number of amides is 1. The summed E-state index contributed by atoms with van der Waals surface area (Å²) in [5, 5.41) is 0. The largest absolute Gasteiger partial charge is 0.494 e. The third-order valence-electron chi connectivity index (χ3n) is 4.60. The lowest BCUT2D eigenvalue weighted by Crippen LogP contribution is -2.27. The van der Waals surface area contributed by atoms with Gasteiger partial charge in [-0.2, -0.15) is 0 Å². The smallest absolute Gasteiger partial charge is 0.270 e. The summed E-state index contributed by atoms with van der Waals surface area (Å²) in [5.41, 5.74) is 2.52. The zero-order valence-electron chi connectivity index (χ0n) is 18.6. The van der Waals surface area contributed by atoms with E-state index in [9.17, 15) is 4.79 Å². The molecule has 32 heavy (non-hydrogen) atoms. The first-order valence-corrected chi connectivity index (χ1v) is 11.8. The summed E-state index contributed by atoms with van der Waals surface area (Å²) >= 11 is 6.79. The van der Waals surface area contributed by atoms with Crippen LogP contribution in [0.25, 0.3) is 6.08 Å². The molecule has 0 aliphatic carbocycles. The van der Waals surface area contributed by atoms with Crippen LogP contribution in [0.4, 0.5) is 5.69 Å². The first-order chi connectivity index (χ1) is 15.5. The van der Waals surface area contributed by atoms with E-state index in [1.54, 1.807) is 4.90 Å². The van der Waals surface area contributed by atoms with Crippen LogP contribution in [0.15, 0.2) is 54.0 Å². The van der Waals surface area contributed by atoms with Crippen molar-refractivity contribution in [3.8, 4) is 17.2 Å². The van der Waals surface area contributed by atoms with Gasteiger partial charge in [-0.05, 0) is 75.2 Å². The monoisotopic (exact) mass is 469 g/mol. The van der Waals surface area contributed by atoms with E-state index in [-0.39, 0.29) is 5.91 Å². The molecule has 0 N–H and O–H groups in total. The van der Waals surface area contributed by atoms with E-state index in [0.717, 1.165) is 16.9 Å². The summed E-state index contributed by atoms with van der Waals surface area (Å²) in [6.45, 7) is 11.3. The highest BCUT2D eigenvalue weighted by molar-refractivity contribution is 8.27. The number of benzene rings is 2. The Morgan fingerprint density at radius 2 is 1.72 bits per heavy atom. The van der Waals surface area contributed by atoms with E-state index >= 15 is 0 Å². The molecule has 2 aromatic rings. The predicted molar refractivity (Wildman–Crippen MR) is 136 cm³/mol. The van der Waals surface area contributed by atoms with Gasteiger partial charge in [0.1, 0.15) is 5.75 Å². The number of ether oxygens (including phenoxy) is 3. The Labute approximate surface area is 199 Å². The number of anilines is 1. The summed E-state index contributed by atoms with van der Waals surface area (Å²) in [7, 11) is 0. The normalized spacial score (nSPS) is 14.7. The molecule has 168 valence electrons. The van der Waals surface area contributed by atoms with Crippen LogP contribution in [0.2, 0.25) is 0 Å². The standard InChI is InChI=1S/C25H27NO4S2/c1-5-9-18-14-17(15-21(29-7-3)23(18)30-8-4)16-22-24(27)26(25(31)32-22)19-10-12-20(13-11-19)28-6-2/h5,10-16H,1,6-9H2,2-4H3/b22-16+. The minimum Gasteiger partial charge on any atom is -0.494 e. The number of allylic oxidation sites excluding steroid dienone is 1. The molecule has 0 bridgehead atoms. The van der Waals surface area contributed by atoms with E-state index in [0.29, 0.717) is 52.7 Å². The van der Waals surface area contributed by atoms with Crippen LogP contribution in [0, 0.1) is 0 Å². The van der Waals surface area contributed by atoms with Gasteiger partial charge in [-0.15, -0.1) is 6.58 Å². The second kappa shape index (κ2) is 11.2. The number of hydrogen-bond donors (Lipinski definition) is 0. The van der Waals surface area contributed by atoms with Crippen LogP contribution in [0.3, 0.4) is 0 Å². The first-order valence-electron chi connectivity index (χ1n) is 10.6. The summed E-state index contributed by atoms with van der Waals surface area (Å²) in [4.78, 5) is 15.3. The SMILES string of the molecule is C=CCc1cc(/C=C2/SC(=S)N(c3ccc(OCC)cc3)C2=O)cc(OCC)c1OCC. The zero-order valence-corrected chi connectivity index (χ0v) is 20.2. The molecule has 0 atom stereocenters. The molecular weight excluding hydrogens is 442 g/mol. The average Bonchev–Trinajstić information content (AvgIpc) is 3.04. The fourth-order valence-corrected chi connectivity index (χ4v) is 4.64. The van der Waals surface area contributed by atoms with Crippen molar-refractivity contribution in [3.05, 3.63) is 65.1 Å². The number of hydrogen-bond acceptors (Lipinski definition) is 6. The van der Waals surface area contributed by atoms with Crippen LogP contribution < -0.4 is 19.1 Å². The van der Waals surface area contributed by atoms with Gasteiger partial charge in [0.25, 0.3) is 5.91 Å². The Bertz CT molecular complexity index is 1030. The molecule has 3 rings (SSSR count). The quantitative estimate of drug-likeness (QED) is 0.241. The van der Waals surface area contributed by atoms with Crippen LogP contribution in [0.1, 0.15) is 31.9 Å². The minimum absolute atomic E-state index is 0.152. The second-order valence-corrected chi connectivity index (χ2v) is 8.49. The molecule has 0 aromatic heterocycles. The molecule has 1 heterocycles. The van der Waals surface area contributed by atoms with Crippen molar-refractivity contribution < 1.29 is 19.0 Å². The summed E-state index contributed by atoms with van der Waals surface area (Å²) in [5.74, 6) is 1.97. The molecule has 0 radical (unpaired) electrons. The lowest BCUT2D eigenvalue weighted by atomic mass is 10.0. The van der Waals surface area contributed by atoms with Gasteiger partial charge in [0.2, 0.25) is 0 Å². The molecule has 1 aliphatic heterocycles. The van der Waals surface area contributed by atoms with E-state index in [4.69, 9.17) is 26.4 Å². The molecule has 5 nitrogen and oxygen atoms in total. The lowest BCUT2D eigenvalue weighted by Gasteiger charge is -2.16. The maximum absolute atomic E-state index is 13.2. The van der Waals surface area contributed by atoms with Crippen molar-refractivity contribution in [1.29, 1.82) is 0 Å². The Hall–Kier alpha value is -2.77. The van der Waals surface area contributed by atoms with Gasteiger partial charge in [-0.3, -0.25) is 9.69 Å². The van der Waals surface area contributed by atoms with Crippen molar-refractivity contribution in [1.82, 2.24) is 0 Å². The lowest BCUT2D eigenvalue weighted by molar-refractivity contribution is -0.113. The highest BCUT2D eigenvalue weighted by Gasteiger charge is 2.33. The van der Waals surface area contributed by atoms with Crippen molar-refractivity contribution in [2.24, 2.45) is 0 Å². The van der Waals surface area contributed by atoms with Gasteiger partial charge in [-0.25, -0.2) is 0 Å². The molecule has 1 fully saturated rings. The van der Waals surface area contributed by atoms with Crippen LogP contribution >= 0.6 is 24.0 Å². The highest BCUT2D eigenvalue weighted by atomic mass is 32.2.